The molecular formula is C23H37N3O3. The zero-order valence-electron chi connectivity index (χ0n) is 17.9. The number of carbonyl (C=O) groups excluding carboxylic acids is 1. The lowest BCUT2D eigenvalue weighted by Crippen LogP contribution is -2.59. The van der Waals surface area contributed by atoms with E-state index in [1.165, 1.54) is 38.6 Å². The Labute approximate surface area is 175 Å². The van der Waals surface area contributed by atoms with E-state index in [9.17, 15) is 4.79 Å². The van der Waals surface area contributed by atoms with Gasteiger partial charge in [-0.25, -0.2) is 0 Å². The maximum Gasteiger partial charge on any atom is 0.290 e. The van der Waals surface area contributed by atoms with Gasteiger partial charge in [0.05, 0.1) is 0 Å². The van der Waals surface area contributed by atoms with Crippen molar-refractivity contribution in [3.63, 3.8) is 0 Å². The largest absolute Gasteiger partial charge is 0.483 e. The quantitative estimate of drug-likeness (QED) is 0.631. The molecule has 1 saturated heterocycles. The standard InChI is InChI=1S/C22H35N3O.CH2O2/c1-18(2)23-21(26)22(24-20-11-7-4-8-12-20)13-15-25(16-14-22)17-19-9-5-3-6-10-19;2-1-3/h4,7-8,11-12,18-19,24H,3,5-6,9-10,13-17H2,1-2H3,(H,23,26);1H,(H,2,3). The Bertz CT molecular complexity index is 607. The normalized spacial score (nSPS) is 19.7. The predicted molar refractivity (Wildman–Crippen MR) is 117 cm³/mol. The second-order valence-electron chi connectivity index (χ2n) is 8.61. The van der Waals surface area contributed by atoms with Crippen LogP contribution in [0.25, 0.3) is 0 Å². The lowest BCUT2D eigenvalue weighted by molar-refractivity contribution is -0.127. The average Bonchev–Trinajstić information content (AvgIpc) is 2.71. The molecule has 0 aromatic heterocycles. The molecule has 0 radical (unpaired) electrons. The number of anilines is 1. The highest BCUT2D eigenvalue weighted by Crippen LogP contribution is 2.30. The minimum atomic E-state index is -0.491. The number of hydrogen-bond acceptors (Lipinski definition) is 4. The molecule has 3 N–H and O–H groups in total. The Hall–Kier alpha value is -2.08. The number of hydrogen-bond donors (Lipinski definition) is 3. The van der Waals surface area contributed by atoms with Gasteiger partial charge < -0.3 is 20.6 Å². The first-order chi connectivity index (χ1) is 14.0. The topological polar surface area (TPSA) is 81.7 Å². The highest BCUT2D eigenvalue weighted by molar-refractivity contribution is 5.89. The van der Waals surface area contributed by atoms with Crippen LogP contribution in [0.2, 0.25) is 0 Å². The number of benzene rings is 1. The molecule has 3 rings (SSSR count). The van der Waals surface area contributed by atoms with Gasteiger partial charge in [-0.2, -0.15) is 0 Å². The van der Waals surface area contributed by atoms with Gasteiger partial charge in [-0.15, -0.1) is 0 Å². The Morgan fingerprint density at radius 2 is 1.76 bits per heavy atom. The van der Waals surface area contributed by atoms with E-state index >= 15 is 0 Å². The molecule has 29 heavy (non-hydrogen) atoms. The molecule has 1 heterocycles. The second kappa shape index (κ2) is 11.8. The predicted octanol–water partition coefficient (Wildman–Crippen LogP) is 3.74. The summed E-state index contributed by atoms with van der Waals surface area (Å²) in [5, 5.41) is 13.6. The first kappa shape index (κ1) is 23.2. The van der Waals surface area contributed by atoms with Crippen molar-refractivity contribution in [3.05, 3.63) is 30.3 Å². The van der Waals surface area contributed by atoms with Crippen LogP contribution in [-0.4, -0.2) is 53.6 Å². The summed E-state index contributed by atoms with van der Waals surface area (Å²) in [6, 6.07) is 10.3. The summed E-state index contributed by atoms with van der Waals surface area (Å²) in [6.45, 7) is 7.04. The molecule has 1 aliphatic heterocycles. The third-order valence-electron chi connectivity index (χ3n) is 5.96. The zero-order valence-corrected chi connectivity index (χ0v) is 17.9. The molecule has 1 aromatic rings. The Balaban J connectivity index is 0.000000941. The van der Waals surface area contributed by atoms with Crippen molar-refractivity contribution >= 4 is 18.1 Å². The molecule has 2 aliphatic rings. The smallest absolute Gasteiger partial charge is 0.290 e. The van der Waals surface area contributed by atoms with Gasteiger partial charge in [-0.3, -0.25) is 9.59 Å². The molecule has 0 unspecified atom stereocenters. The third kappa shape index (κ3) is 7.35. The molecule has 162 valence electrons. The molecule has 1 amide bonds. The van der Waals surface area contributed by atoms with Gasteiger partial charge in [-0.05, 0) is 57.6 Å². The van der Waals surface area contributed by atoms with Crippen LogP contribution in [0.5, 0.6) is 0 Å². The molecule has 1 saturated carbocycles. The summed E-state index contributed by atoms with van der Waals surface area (Å²) in [6.07, 6.45) is 8.72. The summed E-state index contributed by atoms with van der Waals surface area (Å²) in [5.74, 6) is 1.01. The summed E-state index contributed by atoms with van der Waals surface area (Å²) < 4.78 is 0. The maximum atomic E-state index is 13.0. The number of piperidine rings is 1. The molecular weight excluding hydrogens is 366 g/mol. The van der Waals surface area contributed by atoms with Crippen molar-refractivity contribution in [2.45, 2.75) is 70.4 Å². The Morgan fingerprint density at radius 3 is 2.31 bits per heavy atom. The van der Waals surface area contributed by atoms with Gasteiger partial charge in [0.25, 0.3) is 6.47 Å². The number of nitrogens with one attached hydrogen (secondary N) is 2. The van der Waals surface area contributed by atoms with Gasteiger partial charge in [-0.1, -0.05) is 37.5 Å². The van der Waals surface area contributed by atoms with E-state index in [0.717, 1.165) is 37.5 Å². The third-order valence-corrected chi connectivity index (χ3v) is 5.96. The number of carbonyl (C=O) groups is 2. The van der Waals surface area contributed by atoms with E-state index in [1.807, 2.05) is 32.0 Å². The van der Waals surface area contributed by atoms with Crippen molar-refractivity contribution in [1.82, 2.24) is 10.2 Å². The SMILES string of the molecule is CC(C)NC(=O)C1(Nc2ccccc2)CCN(CC2CCCCC2)CC1.O=CO. The van der Waals surface area contributed by atoms with Crippen molar-refractivity contribution in [2.75, 3.05) is 25.0 Å². The van der Waals surface area contributed by atoms with E-state index in [4.69, 9.17) is 9.90 Å². The van der Waals surface area contributed by atoms with E-state index in [-0.39, 0.29) is 18.4 Å². The fraction of sp³-hybridized carbons (Fsp3) is 0.652. The molecule has 1 aliphatic carbocycles. The van der Waals surface area contributed by atoms with E-state index in [1.54, 1.807) is 0 Å². The average molecular weight is 404 g/mol. The van der Waals surface area contributed by atoms with Crippen molar-refractivity contribution in [2.24, 2.45) is 5.92 Å². The van der Waals surface area contributed by atoms with Crippen LogP contribution >= 0.6 is 0 Å². The molecule has 6 heteroatoms. The number of para-hydroxylation sites is 1. The van der Waals surface area contributed by atoms with Crippen LogP contribution in [-0.2, 0) is 9.59 Å². The summed E-state index contributed by atoms with van der Waals surface area (Å²) in [4.78, 5) is 24.0. The van der Waals surface area contributed by atoms with Crippen molar-refractivity contribution in [1.29, 1.82) is 0 Å². The molecule has 2 fully saturated rings. The number of carboxylic acid groups (broad SMARTS) is 1. The molecule has 1 aromatic carbocycles. The maximum absolute atomic E-state index is 13.0. The van der Waals surface area contributed by atoms with Crippen molar-refractivity contribution in [3.8, 4) is 0 Å². The highest BCUT2D eigenvalue weighted by Gasteiger charge is 2.41. The minimum Gasteiger partial charge on any atom is -0.483 e. The summed E-state index contributed by atoms with van der Waals surface area (Å²) >= 11 is 0. The fourth-order valence-electron chi connectivity index (χ4n) is 4.46. The second-order valence-corrected chi connectivity index (χ2v) is 8.61. The van der Waals surface area contributed by atoms with Gasteiger partial charge in [0.1, 0.15) is 5.54 Å². The van der Waals surface area contributed by atoms with Crippen molar-refractivity contribution < 1.29 is 14.7 Å². The summed E-state index contributed by atoms with van der Waals surface area (Å²) in [7, 11) is 0. The number of likely N-dealkylation sites (tertiary alicyclic amines) is 1. The van der Waals surface area contributed by atoms with Crippen LogP contribution in [0.1, 0.15) is 58.8 Å². The van der Waals surface area contributed by atoms with Crippen LogP contribution in [0.15, 0.2) is 30.3 Å². The van der Waals surface area contributed by atoms with E-state index < -0.39 is 5.54 Å². The first-order valence-corrected chi connectivity index (χ1v) is 10.9. The van der Waals surface area contributed by atoms with Crippen LogP contribution < -0.4 is 10.6 Å². The van der Waals surface area contributed by atoms with Crippen LogP contribution in [0.3, 0.4) is 0 Å². The van der Waals surface area contributed by atoms with Gasteiger partial charge in [0, 0.05) is 31.4 Å². The Kier molecular flexibility index (Phi) is 9.45. The minimum absolute atomic E-state index is 0.147. The number of amides is 1. The summed E-state index contributed by atoms with van der Waals surface area (Å²) in [5.41, 5.74) is 0.543. The van der Waals surface area contributed by atoms with Crippen LogP contribution in [0, 0.1) is 5.92 Å². The van der Waals surface area contributed by atoms with E-state index in [0.29, 0.717) is 0 Å². The fourth-order valence-corrected chi connectivity index (χ4v) is 4.46. The van der Waals surface area contributed by atoms with E-state index in [2.05, 4.69) is 27.7 Å². The molecule has 0 spiro atoms. The van der Waals surface area contributed by atoms with Crippen LogP contribution in [0.4, 0.5) is 5.69 Å². The lowest BCUT2D eigenvalue weighted by atomic mass is 9.84. The highest BCUT2D eigenvalue weighted by atomic mass is 16.3. The number of rotatable bonds is 6. The monoisotopic (exact) mass is 403 g/mol. The zero-order chi connectivity index (χ0) is 21.1. The van der Waals surface area contributed by atoms with Gasteiger partial charge in [0.2, 0.25) is 5.91 Å². The molecule has 0 atom stereocenters. The molecule has 0 bridgehead atoms. The lowest BCUT2D eigenvalue weighted by Gasteiger charge is -2.43. The van der Waals surface area contributed by atoms with Gasteiger partial charge >= 0.3 is 0 Å². The first-order valence-electron chi connectivity index (χ1n) is 10.9. The van der Waals surface area contributed by atoms with Gasteiger partial charge in [0.15, 0.2) is 0 Å². The number of nitrogens with zero attached hydrogens (tertiary/aromatic N) is 1. The molecule has 6 nitrogen and oxygen atoms in total. The Morgan fingerprint density at radius 1 is 1.17 bits per heavy atom.